The number of fused-ring (bicyclic) bond motifs is 1. The van der Waals surface area contributed by atoms with Crippen LogP contribution in [0.5, 0.6) is 0 Å². The molecule has 3 aromatic rings. The molecule has 0 radical (unpaired) electrons. The van der Waals surface area contributed by atoms with Crippen LogP contribution in [0.4, 0.5) is 5.95 Å². The van der Waals surface area contributed by atoms with E-state index in [9.17, 15) is 0 Å². The van der Waals surface area contributed by atoms with Crippen LogP contribution in [-0.4, -0.2) is 34.2 Å². The van der Waals surface area contributed by atoms with Crippen molar-refractivity contribution in [2.24, 2.45) is 0 Å². The van der Waals surface area contributed by atoms with Gasteiger partial charge in [0, 0.05) is 37.5 Å². The molecular formula is C19H22N6O. The van der Waals surface area contributed by atoms with Gasteiger partial charge in [0.05, 0.1) is 12.2 Å². The van der Waals surface area contributed by atoms with Gasteiger partial charge in [-0.1, -0.05) is 35.5 Å². The van der Waals surface area contributed by atoms with Crippen molar-refractivity contribution in [3.63, 3.8) is 0 Å². The van der Waals surface area contributed by atoms with Crippen LogP contribution >= 0.6 is 0 Å². The summed E-state index contributed by atoms with van der Waals surface area (Å²) in [5, 5.41) is 7.59. The monoisotopic (exact) mass is 350 g/mol. The van der Waals surface area contributed by atoms with Crippen LogP contribution < -0.4 is 10.2 Å². The van der Waals surface area contributed by atoms with Crippen molar-refractivity contribution in [2.45, 2.75) is 31.8 Å². The maximum Gasteiger partial charge on any atom is 0.240 e. The largest absolute Gasteiger partial charge is 0.347 e. The summed E-state index contributed by atoms with van der Waals surface area (Å²) in [7, 11) is 3.92. The predicted molar refractivity (Wildman–Crippen MR) is 98.6 cm³/mol. The Kier molecular flexibility index (Phi) is 4.62. The van der Waals surface area contributed by atoms with Crippen molar-refractivity contribution in [2.75, 3.05) is 19.0 Å². The average molecular weight is 350 g/mol. The van der Waals surface area contributed by atoms with Gasteiger partial charge in [0.25, 0.3) is 0 Å². The molecule has 0 amide bonds. The number of nitrogens with one attached hydrogen (secondary N) is 1. The summed E-state index contributed by atoms with van der Waals surface area (Å²) in [4.78, 5) is 15.6. The minimum Gasteiger partial charge on any atom is -0.347 e. The second-order valence-corrected chi connectivity index (χ2v) is 6.67. The van der Waals surface area contributed by atoms with Gasteiger partial charge < -0.3 is 14.7 Å². The standard InChI is InChI=1S/C19H22N6O/c1-25(2)19-21-11-14-15(9-6-10-16(14)22-19)20-12-17-23-18(24-26-17)13-7-4-3-5-8-13/h3-5,7-8,11,15,20H,6,9-10,12H2,1-2H3. The van der Waals surface area contributed by atoms with Crippen LogP contribution in [0.3, 0.4) is 0 Å². The van der Waals surface area contributed by atoms with Crippen molar-refractivity contribution in [3.05, 3.63) is 53.7 Å². The summed E-state index contributed by atoms with van der Waals surface area (Å²) in [6, 6.07) is 10.0. The summed E-state index contributed by atoms with van der Waals surface area (Å²) >= 11 is 0. The molecule has 0 fully saturated rings. The van der Waals surface area contributed by atoms with Crippen LogP contribution in [0.15, 0.2) is 41.1 Å². The Morgan fingerprint density at radius 1 is 1.19 bits per heavy atom. The molecule has 26 heavy (non-hydrogen) atoms. The van der Waals surface area contributed by atoms with Crippen molar-refractivity contribution in [1.82, 2.24) is 25.4 Å². The zero-order chi connectivity index (χ0) is 17.9. The van der Waals surface area contributed by atoms with Gasteiger partial charge in [0.15, 0.2) is 0 Å². The number of hydrogen-bond acceptors (Lipinski definition) is 7. The van der Waals surface area contributed by atoms with Crippen molar-refractivity contribution < 1.29 is 4.52 Å². The molecule has 0 bridgehead atoms. The Morgan fingerprint density at radius 3 is 2.85 bits per heavy atom. The Labute approximate surface area is 152 Å². The van der Waals surface area contributed by atoms with E-state index in [4.69, 9.17) is 4.52 Å². The van der Waals surface area contributed by atoms with E-state index >= 15 is 0 Å². The lowest BCUT2D eigenvalue weighted by molar-refractivity contribution is 0.349. The second-order valence-electron chi connectivity index (χ2n) is 6.67. The van der Waals surface area contributed by atoms with Gasteiger partial charge in [-0.05, 0) is 19.3 Å². The quantitative estimate of drug-likeness (QED) is 0.758. The van der Waals surface area contributed by atoms with Crippen molar-refractivity contribution in [3.8, 4) is 11.4 Å². The molecule has 0 saturated carbocycles. The Balaban J connectivity index is 1.46. The summed E-state index contributed by atoms with van der Waals surface area (Å²) < 4.78 is 5.39. The number of benzene rings is 1. The molecule has 1 aliphatic carbocycles. The van der Waals surface area contributed by atoms with E-state index in [2.05, 4.69) is 25.4 Å². The number of rotatable bonds is 5. The first-order valence-corrected chi connectivity index (χ1v) is 8.85. The molecule has 1 unspecified atom stereocenters. The van der Waals surface area contributed by atoms with Crippen LogP contribution in [0.1, 0.15) is 36.0 Å². The molecular weight excluding hydrogens is 328 g/mol. The zero-order valence-corrected chi connectivity index (χ0v) is 15.0. The normalized spacial score (nSPS) is 16.3. The molecule has 2 heterocycles. The third kappa shape index (κ3) is 3.43. The number of aryl methyl sites for hydroxylation is 1. The molecule has 7 heteroatoms. The molecule has 1 atom stereocenters. The topological polar surface area (TPSA) is 80.0 Å². The molecule has 1 aromatic carbocycles. The SMILES string of the molecule is CN(C)c1ncc2c(n1)CCCC2NCc1nc(-c2ccccc2)no1. The first-order chi connectivity index (χ1) is 12.7. The molecule has 7 nitrogen and oxygen atoms in total. The smallest absolute Gasteiger partial charge is 0.240 e. The average Bonchev–Trinajstić information content (AvgIpc) is 3.15. The molecule has 0 aliphatic heterocycles. The predicted octanol–water partition coefficient (Wildman–Crippen LogP) is 2.76. The van der Waals surface area contributed by atoms with E-state index in [1.807, 2.05) is 55.5 Å². The fourth-order valence-electron chi connectivity index (χ4n) is 3.21. The lowest BCUT2D eigenvalue weighted by atomic mass is 9.92. The number of anilines is 1. The molecule has 0 spiro atoms. The van der Waals surface area contributed by atoms with Gasteiger partial charge in [-0.2, -0.15) is 4.98 Å². The van der Waals surface area contributed by atoms with Gasteiger partial charge in [0.1, 0.15) is 0 Å². The highest BCUT2D eigenvalue weighted by Crippen LogP contribution is 2.29. The fourth-order valence-corrected chi connectivity index (χ4v) is 3.21. The summed E-state index contributed by atoms with van der Waals surface area (Å²) in [5.41, 5.74) is 3.25. The minimum absolute atomic E-state index is 0.210. The highest BCUT2D eigenvalue weighted by atomic mass is 16.5. The minimum atomic E-state index is 0.210. The first-order valence-electron chi connectivity index (χ1n) is 8.85. The number of aromatic nitrogens is 4. The maximum atomic E-state index is 5.39. The first kappa shape index (κ1) is 16.7. The second kappa shape index (κ2) is 7.21. The van der Waals surface area contributed by atoms with Crippen molar-refractivity contribution in [1.29, 1.82) is 0 Å². The Morgan fingerprint density at radius 2 is 2.04 bits per heavy atom. The van der Waals surface area contributed by atoms with Crippen LogP contribution in [0.25, 0.3) is 11.4 Å². The third-order valence-electron chi connectivity index (χ3n) is 4.57. The third-order valence-corrected chi connectivity index (χ3v) is 4.57. The molecule has 1 aliphatic rings. The van der Waals surface area contributed by atoms with E-state index < -0.39 is 0 Å². The molecule has 1 N–H and O–H groups in total. The lowest BCUT2D eigenvalue weighted by Crippen LogP contribution is -2.26. The highest BCUT2D eigenvalue weighted by Gasteiger charge is 2.23. The molecule has 0 saturated heterocycles. The van der Waals surface area contributed by atoms with Gasteiger partial charge in [-0.15, -0.1) is 0 Å². The van der Waals surface area contributed by atoms with Crippen LogP contribution in [-0.2, 0) is 13.0 Å². The van der Waals surface area contributed by atoms with Gasteiger partial charge in [-0.3, -0.25) is 0 Å². The maximum absolute atomic E-state index is 5.39. The van der Waals surface area contributed by atoms with Crippen molar-refractivity contribution >= 4 is 5.95 Å². The lowest BCUT2D eigenvalue weighted by Gasteiger charge is -2.25. The van der Waals surface area contributed by atoms with Gasteiger partial charge in [-0.25, -0.2) is 9.97 Å². The van der Waals surface area contributed by atoms with E-state index in [1.54, 1.807) is 0 Å². The summed E-state index contributed by atoms with van der Waals surface area (Å²) in [6.07, 6.45) is 5.10. The van der Waals surface area contributed by atoms with Gasteiger partial charge >= 0.3 is 0 Å². The van der Waals surface area contributed by atoms with E-state index in [1.165, 1.54) is 5.56 Å². The van der Waals surface area contributed by atoms with Crippen LogP contribution in [0.2, 0.25) is 0 Å². The Bertz CT molecular complexity index is 877. The number of nitrogens with zero attached hydrogens (tertiary/aromatic N) is 5. The Hall–Kier alpha value is -2.80. The molecule has 4 rings (SSSR count). The van der Waals surface area contributed by atoms with Gasteiger partial charge in [0.2, 0.25) is 17.7 Å². The van der Waals surface area contributed by atoms with E-state index in [0.717, 1.165) is 36.5 Å². The van der Waals surface area contributed by atoms with E-state index in [-0.39, 0.29) is 6.04 Å². The molecule has 2 aromatic heterocycles. The highest BCUT2D eigenvalue weighted by molar-refractivity contribution is 5.53. The van der Waals surface area contributed by atoms with Crippen LogP contribution in [0, 0.1) is 0 Å². The summed E-state index contributed by atoms with van der Waals surface area (Å²) in [5.74, 6) is 1.96. The van der Waals surface area contributed by atoms with E-state index in [0.29, 0.717) is 18.3 Å². The molecule has 134 valence electrons. The zero-order valence-electron chi connectivity index (χ0n) is 15.0. The number of hydrogen-bond donors (Lipinski definition) is 1. The summed E-state index contributed by atoms with van der Waals surface area (Å²) in [6.45, 7) is 0.527. The fraction of sp³-hybridized carbons (Fsp3) is 0.368.